The summed E-state index contributed by atoms with van der Waals surface area (Å²) in [5.41, 5.74) is 3.31. The molecule has 4 rings (SSSR count). The zero-order valence-corrected chi connectivity index (χ0v) is 15.0. The van der Waals surface area contributed by atoms with Gasteiger partial charge in [-0.25, -0.2) is 0 Å². The van der Waals surface area contributed by atoms with E-state index in [1.807, 2.05) is 23.1 Å². The first-order valence-corrected chi connectivity index (χ1v) is 9.23. The maximum Gasteiger partial charge on any atom is 0.259 e. The number of nitrogens with zero attached hydrogens (tertiary/aromatic N) is 2. The molecule has 1 N–H and O–H groups in total. The van der Waals surface area contributed by atoms with Gasteiger partial charge in [-0.3, -0.25) is 14.6 Å². The predicted molar refractivity (Wildman–Crippen MR) is 101 cm³/mol. The highest BCUT2D eigenvalue weighted by Crippen LogP contribution is 2.49. The number of aromatic nitrogens is 1. The molecule has 0 unspecified atom stereocenters. The molecule has 2 aliphatic rings. The van der Waals surface area contributed by atoms with Crippen LogP contribution in [0.2, 0.25) is 0 Å². The van der Waals surface area contributed by atoms with Crippen LogP contribution in [0, 0.1) is 0 Å². The van der Waals surface area contributed by atoms with Gasteiger partial charge in [0.15, 0.2) is 0 Å². The summed E-state index contributed by atoms with van der Waals surface area (Å²) in [6.07, 6.45) is 8.99. The minimum absolute atomic E-state index is 0.0190. The molecule has 134 valence electrons. The van der Waals surface area contributed by atoms with Crippen LogP contribution in [-0.4, -0.2) is 30.4 Å². The first kappa shape index (κ1) is 16.8. The molecule has 1 fully saturated rings. The SMILES string of the molecule is CNC(=O)c1ccc2c(c1)C1(CCCCC1)CN2C(=O)c1cccnc1. The number of rotatable bonds is 2. The second kappa shape index (κ2) is 6.56. The molecule has 2 amide bonds. The molecule has 1 spiro atoms. The van der Waals surface area contributed by atoms with E-state index in [0.717, 1.165) is 24.1 Å². The van der Waals surface area contributed by atoms with E-state index in [2.05, 4.69) is 10.3 Å². The van der Waals surface area contributed by atoms with Crippen LogP contribution < -0.4 is 10.2 Å². The summed E-state index contributed by atoms with van der Waals surface area (Å²) in [5.74, 6) is -0.106. The lowest BCUT2D eigenvalue weighted by molar-refractivity contribution is 0.0960. The largest absolute Gasteiger partial charge is 0.355 e. The van der Waals surface area contributed by atoms with E-state index in [9.17, 15) is 9.59 Å². The Hall–Kier alpha value is -2.69. The van der Waals surface area contributed by atoms with Crippen LogP contribution in [0.3, 0.4) is 0 Å². The summed E-state index contributed by atoms with van der Waals surface area (Å²) < 4.78 is 0. The number of hydrogen-bond donors (Lipinski definition) is 1. The second-order valence-corrected chi connectivity index (χ2v) is 7.29. The summed E-state index contributed by atoms with van der Waals surface area (Å²) in [4.78, 5) is 31.2. The zero-order valence-electron chi connectivity index (χ0n) is 15.0. The van der Waals surface area contributed by atoms with Crippen molar-refractivity contribution in [1.29, 1.82) is 0 Å². The predicted octanol–water partition coefficient (Wildman–Crippen LogP) is 3.30. The standard InChI is InChI=1S/C21H23N3O2/c1-22-19(25)15-7-8-18-17(12-15)21(9-3-2-4-10-21)14-24(18)20(26)16-6-5-11-23-13-16/h5-8,11-13H,2-4,9-10,14H2,1H3,(H,22,25). The van der Waals surface area contributed by atoms with Gasteiger partial charge in [0, 0.05) is 42.7 Å². The Morgan fingerprint density at radius 3 is 2.62 bits per heavy atom. The van der Waals surface area contributed by atoms with E-state index < -0.39 is 0 Å². The van der Waals surface area contributed by atoms with Gasteiger partial charge in [-0.2, -0.15) is 0 Å². The van der Waals surface area contributed by atoms with Gasteiger partial charge in [-0.1, -0.05) is 19.3 Å². The van der Waals surface area contributed by atoms with Crippen molar-refractivity contribution in [3.05, 3.63) is 59.4 Å². The van der Waals surface area contributed by atoms with Gasteiger partial charge >= 0.3 is 0 Å². The zero-order chi connectivity index (χ0) is 18.1. The fourth-order valence-electron chi connectivity index (χ4n) is 4.44. The highest BCUT2D eigenvalue weighted by atomic mass is 16.2. The molecular weight excluding hydrogens is 326 g/mol. The number of pyridine rings is 1. The van der Waals surface area contributed by atoms with Crippen molar-refractivity contribution >= 4 is 17.5 Å². The molecule has 0 radical (unpaired) electrons. The number of benzene rings is 1. The smallest absolute Gasteiger partial charge is 0.259 e. The van der Waals surface area contributed by atoms with Gasteiger partial charge in [0.25, 0.3) is 11.8 Å². The average Bonchev–Trinajstić information content (AvgIpc) is 3.01. The van der Waals surface area contributed by atoms with Crippen LogP contribution in [0.15, 0.2) is 42.7 Å². The van der Waals surface area contributed by atoms with Crippen molar-refractivity contribution < 1.29 is 9.59 Å². The summed E-state index contributed by atoms with van der Waals surface area (Å²) in [5, 5.41) is 2.70. The highest BCUT2D eigenvalue weighted by Gasteiger charge is 2.45. The van der Waals surface area contributed by atoms with Gasteiger partial charge in [-0.15, -0.1) is 0 Å². The van der Waals surface area contributed by atoms with E-state index in [1.165, 1.54) is 19.3 Å². The number of anilines is 1. The van der Waals surface area contributed by atoms with Crippen molar-refractivity contribution in [3.63, 3.8) is 0 Å². The molecule has 5 heteroatoms. The first-order chi connectivity index (χ1) is 12.6. The molecule has 2 heterocycles. The van der Waals surface area contributed by atoms with Crippen molar-refractivity contribution in [2.75, 3.05) is 18.5 Å². The monoisotopic (exact) mass is 349 g/mol. The van der Waals surface area contributed by atoms with E-state index in [4.69, 9.17) is 0 Å². The van der Waals surface area contributed by atoms with Crippen molar-refractivity contribution in [2.45, 2.75) is 37.5 Å². The second-order valence-electron chi connectivity index (χ2n) is 7.29. The topological polar surface area (TPSA) is 62.3 Å². The van der Waals surface area contributed by atoms with E-state index in [0.29, 0.717) is 17.7 Å². The molecule has 0 bridgehead atoms. The normalized spacial score (nSPS) is 17.8. The van der Waals surface area contributed by atoms with Gasteiger partial charge in [-0.05, 0) is 48.7 Å². The number of carbonyl (C=O) groups is 2. The van der Waals surface area contributed by atoms with Gasteiger partial charge < -0.3 is 10.2 Å². The molecule has 1 aromatic heterocycles. The van der Waals surface area contributed by atoms with Gasteiger partial charge in [0.2, 0.25) is 0 Å². The van der Waals surface area contributed by atoms with Gasteiger partial charge in [0.05, 0.1) is 5.56 Å². The Balaban J connectivity index is 1.78. The van der Waals surface area contributed by atoms with Crippen molar-refractivity contribution in [2.24, 2.45) is 0 Å². The Kier molecular flexibility index (Phi) is 4.23. The van der Waals surface area contributed by atoms with E-state index in [-0.39, 0.29) is 17.2 Å². The van der Waals surface area contributed by atoms with Crippen molar-refractivity contribution in [1.82, 2.24) is 10.3 Å². The minimum Gasteiger partial charge on any atom is -0.355 e. The molecule has 0 atom stereocenters. The summed E-state index contributed by atoms with van der Waals surface area (Å²) >= 11 is 0. The molecular formula is C21H23N3O2. The Bertz CT molecular complexity index is 842. The highest BCUT2D eigenvalue weighted by molar-refractivity contribution is 6.08. The summed E-state index contributed by atoms with van der Waals surface area (Å²) in [7, 11) is 1.64. The lowest BCUT2D eigenvalue weighted by Gasteiger charge is -2.34. The number of hydrogen-bond acceptors (Lipinski definition) is 3. The quantitative estimate of drug-likeness (QED) is 0.905. The lowest BCUT2D eigenvalue weighted by Crippen LogP contribution is -2.38. The maximum absolute atomic E-state index is 13.1. The number of nitrogens with one attached hydrogen (secondary N) is 1. The molecule has 1 aromatic carbocycles. The van der Waals surface area contributed by atoms with Crippen LogP contribution in [-0.2, 0) is 5.41 Å². The first-order valence-electron chi connectivity index (χ1n) is 9.23. The summed E-state index contributed by atoms with van der Waals surface area (Å²) in [6.45, 7) is 0.688. The van der Waals surface area contributed by atoms with Crippen LogP contribution in [0.4, 0.5) is 5.69 Å². The lowest BCUT2D eigenvalue weighted by atomic mass is 9.70. The number of fused-ring (bicyclic) bond motifs is 2. The van der Waals surface area contributed by atoms with E-state index >= 15 is 0 Å². The molecule has 5 nitrogen and oxygen atoms in total. The van der Waals surface area contributed by atoms with E-state index in [1.54, 1.807) is 31.6 Å². The number of amides is 2. The van der Waals surface area contributed by atoms with Crippen LogP contribution in [0.5, 0.6) is 0 Å². The number of carbonyl (C=O) groups excluding carboxylic acids is 2. The maximum atomic E-state index is 13.1. The third-order valence-electron chi connectivity index (χ3n) is 5.77. The molecule has 26 heavy (non-hydrogen) atoms. The fourth-order valence-corrected chi connectivity index (χ4v) is 4.44. The Labute approximate surface area is 153 Å². The minimum atomic E-state index is -0.0872. The average molecular weight is 349 g/mol. The Morgan fingerprint density at radius 1 is 1.12 bits per heavy atom. The summed E-state index contributed by atoms with van der Waals surface area (Å²) in [6, 6.07) is 9.33. The van der Waals surface area contributed by atoms with Gasteiger partial charge in [0.1, 0.15) is 0 Å². The Morgan fingerprint density at radius 2 is 1.92 bits per heavy atom. The molecule has 0 saturated heterocycles. The van der Waals surface area contributed by atoms with Crippen LogP contribution in [0.1, 0.15) is 58.4 Å². The molecule has 1 aliphatic heterocycles. The third kappa shape index (κ3) is 2.68. The van der Waals surface area contributed by atoms with Crippen LogP contribution >= 0.6 is 0 Å². The fraction of sp³-hybridized carbons (Fsp3) is 0.381. The third-order valence-corrected chi connectivity index (χ3v) is 5.77. The van der Waals surface area contributed by atoms with Crippen LogP contribution in [0.25, 0.3) is 0 Å². The van der Waals surface area contributed by atoms with Crippen molar-refractivity contribution in [3.8, 4) is 0 Å². The molecule has 1 aliphatic carbocycles. The molecule has 1 saturated carbocycles. The molecule has 2 aromatic rings.